The summed E-state index contributed by atoms with van der Waals surface area (Å²) in [4.78, 5) is 20.6. The predicted molar refractivity (Wildman–Crippen MR) is 63.7 cm³/mol. The van der Waals surface area contributed by atoms with Crippen LogP contribution in [0.2, 0.25) is 0 Å². The van der Waals surface area contributed by atoms with Crippen LogP contribution in [0.5, 0.6) is 5.75 Å². The van der Waals surface area contributed by atoms with E-state index in [0.717, 1.165) is 11.4 Å². The molecule has 0 atom stereocenters. The van der Waals surface area contributed by atoms with Gasteiger partial charge in [0.2, 0.25) is 0 Å². The van der Waals surface area contributed by atoms with Crippen molar-refractivity contribution in [2.24, 2.45) is 0 Å². The molecule has 0 aliphatic rings. The van der Waals surface area contributed by atoms with E-state index >= 15 is 0 Å². The first-order valence-electron chi connectivity index (χ1n) is 5.37. The molecule has 0 saturated heterocycles. The summed E-state index contributed by atoms with van der Waals surface area (Å²) in [5.41, 5.74) is 3.33. The fourth-order valence-electron chi connectivity index (χ4n) is 1.25. The maximum Gasteiger partial charge on any atom is 0.441 e. The highest BCUT2D eigenvalue weighted by Gasteiger charge is 2.16. The van der Waals surface area contributed by atoms with Crippen molar-refractivity contribution < 1.29 is 14.4 Å². The molecular formula is C12H18N2O3. The topological polar surface area (TPSA) is 60.5 Å². The highest BCUT2D eigenvalue weighted by molar-refractivity contribution is 5.66. The molecule has 0 bridgehead atoms. The lowest BCUT2D eigenvalue weighted by molar-refractivity contribution is 0.0287. The smallest absolute Gasteiger partial charge is 0.441 e. The van der Waals surface area contributed by atoms with Gasteiger partial charge in [0, 0.05) is 23.5 Å². The van der Waals surface area contributed by atoms with Gasteiger partial charge in [-0.25, -0.2) is 4.79 Å². The van der Waals surface area contributed by atoms with Crippen LogP contribution < -0.4 is 10.3 Å². The third-order valence-corrected chi connectivity index (χ3v) is 1.71. The van der Waals surface area contributed by atoms with E-state index in [4.69, 9.17) is 9.57 Å². The molecule has 1 amide bonds. The third kappa shape index (κ3) is 5.19. The zero-order chi connectivity index (χ0) is 13.1. The number of aromatic nitrogens is 1. The fourth-order valence-corrected chi connectivity index (χ4v) is 1.25. The van der Waals surface area contributed by atoms with Crippen LogP contribution in [0.25, 0.3) is 0 Å². The maximum atomic E-state index is 11.3. The Morgan fingerprint density at radius 1 is 1.24 bits per heavy atom. The summed E-state index contributed by atoms with van der Waals surface area (Å²) in [5.74, 6) is 0.529. The molecule has 0 aromatic carbocycles. The van der Waals surface area contributed by atoms with Gasteiger partial charge in [0.25, 0.3) is 0 Å². The molecule has 0 aliphatic carbocycles. The number of ether oxygens (including phenoxy) is 1. The van der Waals surface area contributed by atoms with Crippen molar-refractivity contribution in [3.63, 3.8) is 0 Å². The van der Waals surface area contributed by atoms with E-state index in [1.54, 1.807) is 32.9 Å². The van der Waals surface area contributed by atoms with Gasteiger partial charge in [-0.15, -0.1) is 0 Å². The molecule has 0 fully saturated rings. The second-order valence-electron chi connectivity index (χ2n) is 4.79. The summed E-state index contributed by atoms with van der Waals surface area (Å²) < 4.78 is 5.03. The minimum absolute atomic E-state index is 0.529. The summed E-state index contributed by atoms with van der Waals surface area (Å²) in [5, 5.41) is 0. The normalized spacial score (nSPS) is 10.9. The molecule has 5 nitrogen and oxygen atoms in total. The van der Waals surface area contributed by atoms with E-state index in [-0.39, 0.29) is 0 Å². The first-order chi connectivity index (χ1) is 7.76. The second kappa shape index (κ2) is 5.03. The summed E-state index contributed by atoms with van der Waals surface area (Å²) in [6.07, 6.45) is -0.621. The lowest BCUT2D eigenvalue weighted by atomic mass is 10.2. The average Bonchev–Trinajstić information content (AvgIpc) is 2.10. The lowest BCUT2D eigenvalue weighted by Gasteiger charge is -2.19. The van der Waals surface area contributed by atoms with Crippen molar-refractivity contribution in [1.29, 1.82) is 0 Å². The quantitative estimate of drug-likeness (QED) is 0.804. The van der Waals surface area contributed by atoms with Gasteiger partial charge in [-0.1, -0.05) is 0 Å². The average molecular weight is 238 g/mol. The standard InChI is InChI=1S/C12H18N2O3/c1-8-6-10(7-9(2)13-8)17-14-11(15)16-12(3,4)5/h6-7H,1-5H3,(H,14,15). The minimum atomic E-state index is -0.621. The van der Waals surface area contributed by atoms with E-state index in [1.807, 2.05) is 13.8 Å². The van der Waals surface area contributed by atoms with Crippen LogP contribution >= 0.6 is 0 Å². The Labute approximate surface area is 101 Å². The first kappa shape index (κ1) is 13.3. The molecule has 0 aliphatic heterocycles. The third-order valence-electron chi connectivity index (χ3n) is 1.71. The molecular weight excluding hydrogens is 220 g/mol. The molecule has 1 N–H and O–H groups in total. The number of carbonyl (C=O) groups excluding carboxylic acids is 1. The van der Waals surface area contributed by atoms with Gasteiger partial charge in [0.1, 0.15) is 5.60 Å². The number of hydrogen-bond acceptors (Lipinski definition) is 4. The SMILES string of the molecule is Cc1cc(ONC(=O)OC(C)(C)C)cc(C)n1. The predicted octanol–water partition coefficient (Wildman–Crippen LogP) is 2.52. The molecule has 1 rings (SSSR count). The molecule has 17 heavy (non-hydrogen) atoms. The van der Waals surface area contributed by atoms with E-state index < -0.39 is 11.7 Å². The number of nitrogens with zero attached hydrogens (tertiary/aromatic N) is 1. The Kier molecular flexibility index (Phi) is 3.93. The van der Waals surface area contributed by atoms with Gasteiger partial charge in [0.15, 0.2) is 5.75 Å². The van der Waals surface area contributed by atoms with Gasteiger partial charge >= 0.3 is 6.09 Å². The number of carbonyl (C=O) groups is 1. The molecule has 1 aromatic rings. The Hall–Kier alpha value is -1.78. The van der Waals surface area contributed by atoms with Gasteiger partial charge in [-0.2, -0.15) is 5.48 Å². The first-order valence-corrected chi connectivity index (χ1v) is 5.37. The van der Waals surface area contributed by atoms with Crippen molar-refractivity contribution in [3.8, 4) is 5.75 Å². The monoisotopic (exact) mass is 238 g/mol. The van der Waals surface area contributed by atoms with Crippen molar-refractivity contribution >= 4 is 6.09 Å². The highest BCUT2D eigenvalue weighted by atomic mass is 16.7. The van der Waals surface area contributed by atoms with Crippen LogP contribution in [0, 0.1) is 13.8 Å². The molecule has 0 radical (unpaired) electrons. The zero-order valence-electron chi connectivity index (χ0n) is 10.8. The number of rotatable bonds is 2. The number of pyridine rings is 1. The van der Waals surface area contributed by atoms with Crippen LogP contribution in [0.1, 0.15) is 32.2 Å². The zero-order valence-corrected chi connectivity index (χ0v) is 10.8. The minimum Gasteiger partial charge on any atom is -0.442 e. The summed E-state index contributed by atoms with van der Waals surface area (Å²) >= 11 is 0. The maximum absolute atomic E-state index is 11.3. The second-order valence-corrected chi connectivity index (χ2v) is 4.79. The van der Waals surface area contributed by atoms with E-state index in [0.29, 0.717) is 5.75 Å². The number of nitrogens with one attached hydrogen (secondary N) is 1. The van der Waals surface area contributed by atoms with Crippen LogP contribution in [0.3, 0.4) is 0 Å². The molecule has 0 spiro atoms. The van der Waals surface area contributed by atoms with Gasteiger partial charge in [-0.3, -0.25) is 4.98 Å². The summed E-state index contributed by atoms with van der Waals surface area (Å²) in [6, 6.07) is 3.45. The molecule has 1 heterocycles. The van der Waals surface area contributed by atoms with Gasteiger partial charge in [-0.05, 0) is 34.6 Å². The lowest BCUT2D eigenvalue weighted by Crippen LogP contribution is -2.34. The van der Waals surface area contributed by atoms with E-state index in [2.05, 4.69) is 10.5 Å². The molecule has 94 valence electrons. The van der Waals surface area contributed by atoms with Crippen LogP contribution in [0.15, 0.2) is 12.1 Å². The number of hydrogen-bond donors (Lipinski definition) is 1. The Bertz CT molecular complexity index is 390. The largest absolute Gasteiger partial charge is 0.442 e. The van der Waals surface area contributed by atoms with Crippen molar-refractivity contribution in [2.75, 3.05) is 0 Å². The molecule has 0 unspecified atom stereocenters. The number of amides is 1. The molecule has 0 saturated carbocycles. The number of aryl methyl sites for hydroxylation is 2. The van der Waals surface area contributed by atoms with Crippen molar-refractivity contribution in [2.45, 2.75) is 40.2 Å². The van der Waals surface area contributed by atoms with Crippen LogP contribution in [-0.2, 0) is 4.74 Å². The highest BCUT2D eigenvalue weighted by Crippen LogP contribution is 2.12. The van der Waals surface area contributed by atoms with E-state index in [1.165, 1.54) is 0 Å². The van der Waals surface area contributed by atoms with Crippen molar-refractivity contribution in [3.05, 3.63) is 23.5 Å². The van der Waals surface area contributed by atoms with Crippen molar-refractivity contribution in [1.82, 2.24) is 10.5 Å². The Balaban J connectivity index is 2.53. The van der Waals surface area contributed by atoms with Gasteiger partial charge in [0.05, 0.1) is 0 Å². The molecule has 1 aromatic heterocycles. The summed E-state index contributed by atoms with van der Waals surface area (Å²) in [6.45, 7) is 9.06. The van der Waals surface area contributed by atoms with Crippen LogP contribution in [0.4, 0.5) is 4.79 Å². The van der Waals surface area contributed by atoms with Crippen LogP contribution in [-0.4, -0.2) is 16.7 Å². The van der Waals surface area contributed by atoms with E-state index in [9.17, 15) is 4.79 Å². The molecule has 5 heteroatoms. The fraction of sp³-hybridized carbons (Fsp3) is 0.500. The Morgan fingerprint density at radius 3 is 2.24 bits per heavy atom. The Morgan fingerprint density at radius 2 is 1.76 bits per heavy atom. The van der Waals surface area contributed by atoms with Gasteiger partial charge < -0.3 is 9.57 Å². The summed E-state index contributed by atoms with van der Waals surface area (Å²) in [7, 11) is 0. The number of hydroxylamine groups is 1.